The minimum atomic E-state index is -2.74. The Labute approximate surface area is 294 Å². The molecule has 0 radical (unpaired) electrons. The monoisotopic (exact) mass is 759 g/mol. The van der Waals surface area contributed by atoms with E-state index in [0.29, 0.717) is 0 Å². The molecule has 52 heavy (non-hydrogen) atoms. The molecule has 25 heteroatoms. The van der Waals surface area contributed by atoms with Crippen molar-refractivity contribution in [3.8, 4) is 0 Å². The fourth-order valence-corrected chi connectivity index (χ4v) is 6.70. The van der Waals surface area contributed by atoms with Crippen LogP contribution in [0.5, 0.6) is 0 Å². The summed E-state index contributed by atoms with van der Waals surface area (Å²) < 4.78 is 34.3. The summed E-state index contributed by atoms with van der Waals surface area (Å²) in [6.45, 7) is -2.69. The van der Waals surface area contributed by atoms with Gasteiger partial charge in [-0.25, -0.2) is 4.99 Å². The second-order valence-corrected chi connectivity index (χ2v) is 12.8. The maximum absolute atomic E-state index is 12.4. The van der Waals surface area contributed by atoms with Crippen molar-refractivity contribution >= 4 is 18.2 Å². The van der Waals surface area contributed by atoms with Gasteiger partial charge in [0.25, 0.3) is 0 Å². The zero-order chi connectivity index (χ0) is 38.8. The number of rotatable bonds is 13. The molecule has 1 saturated carbocycles. The van der Waals surface area contributed by atoms with Gasteiger partial charge in [-0.15, -0.1) is 0 Å². The molecule has 3 saturated heterocycles. The normalized spacial score (nSPS) is 48.2. The molecule has 0 spiro atoms. The molecular formula is C27H49N7O18. The van der Waals surface area contributed by atoms with Gasteiger partial charge < -0.3 is 112 Å². The van der Waals surface area contributed by atoms with E-state index in [2.05, 4.69) is 15.6 Å². The van der Waals surface area contributed by atoms with Crippen molar-refractivity contribution in [2.45, 2.75) is 122 Å². The van der Waals surface area contributed by atoms with Gasteiger partial charge >= 0.3 is 0 Å². The first-order valence-corrected chi connectivity index (χ1v) is 16.1. The van der Waals surface area contributed by atoms with Gasteiger partial charge in [0.15, 0.2) is 42.7 Å². The van der Waals surface area contributed by atoms with Crippen molar-refractivity contribution in [1.29, 1.82) is 5.41 Å². The van der Waals surface area contributed by atoms with Crippen LogP contribution >= 0.6 is 0 Å². The molecule has 0 aromatic carbocycles. The third-order valence-electron chi connectivity index (χ3n) is 9.50. The van der Waals surface area contributed by atoms with Gasteiger partial charge in [-0.05, 0) is 7.05 Å². The van der Waals surface area contributed by atoms with Crippen molar-refractivity contribution in [3.05, 3.63) is 0 Å². The molecule has 4 fully saturated rings. The molecule has 20 atom stereocenters. The smallest absolute Gasteiger partial charge is 0.188 e. The van der Waals surface area contributed by atoms with Crippen LogP contribution in [0.15, 0.2) is 4.99 Å². The number of nitrogens with one attached hydrogen (secondary N) is 3. The highest BCUT2D eigenvalue weighted by atomic mass is 16.8. The predicted molar refractivity (Wildman–Crippen MR) is 166 cm³/mol. The lowest BCUT2D eigenvalue weighted by atomic mass is 9.81. The first-order chi connectivity index (χ1) is 24.5. The zero-order valence-corrected chi connectivity index (χ0v) is 27.6. The number of guanidine groups is 2. The fourth-order valence-electron chi connectivity index (χ4n) is 6.70. The maximum Gasteiger partial charge on any atom is 0.188 e. The molecule has 25 nitrogen and oxygen atoms in total. The van der Waals surface area contributed by atoms with Crippen LogP contribution in [0.4, 0.5) is 0 Å². The molecule has 3 heterocycles. The minimum absolute atomic E-state index is 0.0365. The van der Waals surface area contributed by atoms with Gasteiger partial charge in [-0.2, -0.15) is 0 Å². The van der Waals surface area contributed by atoms with Gasteiger partial charge in [0, 0.05) is 0 Å². The molecule has 4 rings (SSSR count). The number of ether oxygens (including phenoxy) is 6. The minimum Gasteiger partial charge on any atom is -0.394 e. The highest BCUT2D eigenvalue weighted by molar-refractivity contribution is 5.76. The van der Waals surface area contributed by atoms with Crippen molar-refractivity contribution in [2.75, 3.05) is 26.9 Å². The number of likely N-dealkylation sites (N-methyl/N-ethyl adjacent to an activating group) is 1. The van der Waals surface area contributed by atoms with Crippen molar-refractivity contribution < 1.29 is 89.4 Å². The standard InChI is InChI=1S/C27H49N7O18/c1-32-11-15(42)19(50-23-18(45)16(43)12(39)6(2-35)47-23)7(3-36)48-22(11)52-21-24(49-8(4-37)27(21,46)5-38)51-20-10(34-26(30)31)13(40)9(33-25(28)29)14(41)17(20)44/h5-24,32,35-37,39-46H,2-4H2,1H3,(H4,28,29,33)(H4,30,31,34)/t6-,7+,8+,9-,10+,11+,12-,13-,14+,15+,16+,17-,18+,19+,20-,21+,22+,23+,24+,27-/m1/s1. The lowest BCUT2D eigenvalue weighted by molar-refractivity contribution is -0.357. The Morgan fingerprint density at radius 3 is 1.90 bits per heavy atom. The number of hydrogen-bond acceptors (Lipinski definition) is 21. The summed E-state index contributed by atoms with van der Waals surface area (Å²) in [5.74, 6) is -1.30. The fraction of sp³-hybridized carbons (Fsp3) is 0.889. The molecule has 4 aliphatic rings. The van der Waals surface area contributed by atoms with Gasteiger partial charge in [0.1, 0.15) is 85.4 Å². The van der Waals surface area contributed by atoms with Crippen LogP contribution in [0.25, 0.3) is 0 Å². The number of aliphatic hydroxyl groups is 11. The largest absolute Gasteiger partial charge is 0.394 e. The first kappa shape index (κ1) is 42.2. The van der Waals surface area contributed by atoms with E-state index in [-0.39, 0.29) is 6.29 Å². The summed E-state index contributed by atoms with van der Waals surface area (Å²) >= 11 is 0. The molecule has 3 aliphatic heterocycles. The summed E-state index contributed by atoms with van der Waals surface area (Å²) in [7, 11) is 1.32. The highest BCUT2D eigenvalue weighted by Crippen LogP contribution is 2.39. The van der Waals surface area contributed by atoms with Crippen molar-refractivity contribution in [2.24, 2.45) is 22.2 Å². The van der Waals surface area contributed by atoms with Crippen LogP contribution in [0.2, 0.25) is 0 Å². The van der Waals surface area contributed by atoms with E-state index in [0.717, 1.165) is 0 Å². The number of carbonyl (C=O) groups is 1. The van der Waals surface area contributed by atoms with E-state index in [9.17, 15) is 61.0 Å². The Hall–Kier alpha value is -2.51. The molecule has 0 unspecified atom stereocenters. The quantitative estimate of drug-likeness (QED) is 0.0471. The number of nitrogens with two attached hydrogens (primary N) is 3. The Bertz CT molecular complexity index is 1240. The van der Waals surface area contributed by atoms with E-state index in [1.54, 1.807) is 0 Å². The summed E-state index contributed by atoms with van der Waals surface area (Å²) in [6.07, 6.45) is -28.4. The highest BCUT2D eigenvalue weighted by Gasteiger charge is 2.62. The van der Waals surface area contributed by atoms with Crippen molar-refractivity contribution in [1.82, 2.24) is 10.6 Å². The summed E-state index contributed by atoms with van der Waals surface area (Å²) in [6, 6.07) is -4.51. The SMILES string of the molecule is CN[C@@H]1[C@H](O[C@H]2[C@H](O[C@H]3[C@H](O)[C@@H](O)[C@H](N=C(N)N)[C@@H](O)[C@@H]3NC(=N)N)O[C@@H](CO)[C@]2(O)C=O)O[C@@H](CO)[C@H](O[C@@H]2O[C@H](CO)[C@@H](O)[C@H](O)[C@@H]2O)[C@H]1O. The van der Waals surface area contributed by atoms with Gasteiger partial charge in [-0.3, -0.25) is 10.2 Å². The third kappa shape index (κ3) is 8.11. The van der Waals surface area contributed by atoms with Gasteiger partial charge in [-0.1, -0.05) is 0 Å². The van der Waals surface area contributed by atoms with Crippen LogP contribution in [0, 0.1) is 5.41 Å². The van der Waals surface area contributed by atoms with Crippen LogP contribution in [0.1, 0.15) is 0 Å². The number of aliphatic hydroxyl groups excluding tert-OH is 10. The molecule has 300 valence electrons. The average molecular weight is 760 g/mol. The number of hydrogen-bond donors (Lipinski definition) is 17. The summed E-state index contributed by atoms with van der Waals surface area (Å²) in [5, 5.41) is 129. The second-order valence-electron chi connectivity index (χ2n) is 12.8. The van der Waals surface area contributed by atoms with Crippen LogP contribution < -0.4 is 27.8 Å². The molecule has 0 aromatic rings. The first-order valence-electron chi connectivity index (χ1n) is 16.1. The third-order valence-corrected chi connectivity index (χ3v) is 9.50. The van der Waals surface area contributed by atoms with Crippen molar-refractivity contribution in [3.63, 3.8) is 0 Å². The maximum atomic E-state index is 12.4. The second kappa shape index (κ2) is 17.3. The topological polar surface area (TPSA) is 433 Å². The molecule has 0 aromatic heterocycles. The zero-order valence-electron chi connectivity index (χ0n) is 27.6. The molecule has 1 aliphatic carbocycles. The summed E-state index contributed by atoms with van der Waals surface area (Å²) in [4.78, 5) is 16.1. The lowest BCUT2D eigenvalue weighted by Crippen LogP contribution is -2.70. The predicted octanol–water partition coefficient (Wildman–Crippen LogP) is -11.2. The van der Waals surface area contributed by atoms with E-state index in [1.165, 1.54) is 7.05 Å². The number of carbonyl (C=O) groups excluding carboxylic acids is 1. The molecular weight excluding hydrogens is 710 g/mol. The van der Waals surface area contributed by atoms with Crippen LogP contribution in [0.3, 0.4) is 0 Å². The Balaban J connectivity index is 1.63. The molecule has 20 N–H and O–H groups in total. The van der Waals surface area contributed by atoms with E-state index >= 15 is 0 Å². The van der Waals surface area contributed by atoms with Gasteiger partial charge in [0.2, 0.25) is 0 Å². The summed E-state index contributed by atoms with van der Waals surface area (Å²) in [5.41, 5.74) is 13.5. The van der Waals surface area contributed by atoms with E-state index < -0.39 is 154 Å². The average Bonchev–Trinajstić information content (AvgIpc) is 3.37. The number of aliphatic imine (C=N–C) groups is 1. The van der Waals surface area contributed by atoms with E-state index in [1.807, 2.05) is 0 Å². The van der Waals surface area contributed by atoms with Crippen LogP contribution in [-0.2, 0) is 33.2 Å². The number of nitrogens with zero attached hydrogens (tertiary/aromatic N) is 1. The number of aldehydes is 1. The Kier molecular flexibility index (Phi) is 14.1. The van der Waals surface area contributed by atoms with E-state index in [4.69, 9.17) is 51.0 Å². The molecule has 0 amide bonds. The Morgan fingerprint density at radius 1 is 0.750 bits per heavy atom. The van der Waals surface area contributed by atoms with Gasteiger partial charge in [0.05, 0.1) is 31.9 Å². The lowest BCUT2D eigenvalue weighted by Gasteiger charge is -2.48. The van der Waals surface area contributed by atoms with Crippen LogP contribution in [-0.4, -0.2) is 223 Å². The Morgan fingerprint density at radius 2 is 1.37 bits per heavy atom. The molecule has 0 bridgehead atoms.